The van der Waals surface area contributed by atoms with Gasteiger partial charge in [0.05, 0.1) is 6.61 Å². The molecule has 1 aromatic carbocycles. The molecular formula is C15H21NO3. The summed E-state index contributed by atoms with van der Waals surface area (Å²) in [5.74, 6) is 0.0634. The molecule has 1 heterocycles. The van der Waals surface area contributed by atoms with Crippen molar-refractivity contribution in [2.45, 2.75) is 32.2 Å². The topological polar surface area (TPSA) is 49.8 Å². The van der Waals surface area contributed by atoms with Gasteiger partial charge in [-0.05, 0) is 50.0 Å². The van der Waals surface area contributed by atoms with Crippen LogP contribution in [0, 0.1) is 0 Å². The van der Waals surface area contributed by atoms with E-state index in [0.29, 0.717) is 13.0 Å². The minimum Gasteiger partial charge on any atom is -0.494 e. The standard InChI is InChI=1S/C15H21NO3/c17-15(18)7-4-10-19-14-6-3-5-13(11-14)12-16-8-1-2-9-16/h3,5-6,11H,1-2,4,7-10,12H2,(H,17,18). The summed E-state index contributed by atoms with van der Waals surface area (Å²) in [5.41, 5.74) is 1.26. The van der Waals surface area contributed by atoms with Crippen LogP contribution in [0.5, 0.6) is 5.75 Å². The summed E-state index contributed by atoms with van der Waals surface area (Å²) in [6.07, 6.45) is 3.30. The molecule has 1 N–H and O–H groups in total. The summed E-state index contributed by atoms with van der Waals surface area (Å²) in [5, 5.41) is 8.55. The first-order chi connectivity index (χ1) is 9.24. The molecule has 0 amide bonds. The minimum absolute atomic E-state index is 0.160. The van der Waals surface area contributed by atoms with E-state index in [4.69, 9.17) is 9.84 Å². The lowest BCUT2D eigenvalue weighted by molar-refractivity contribution is -0.137. The van der Waals surface area contributed by atoms with E-state index in [9.17, 15) is 4.79 Å². The van der Waals surface area contributed by atoms with Crippen molar-refractivity contribution < 1.29 is 14.6 Å². The van der Waals surface area contributed by atoms with Crippen LogP contribution in [-0.2, 0) is 11.3 Å². The number of likely N-dealkylation sites (tertiary alicyclic amines) is 1. The second-order valence-electron chi connectivity index (χ2n) is 4.98. The second kappa shape index (κ2) is 7.14. The van der Waals surface area contributed by atoms with Crippen molar-refractivity contribution in [1.29, 1.82) is 0 Å². The van der Waals surface area contributed by atoms with E-state index in [1.165, 1.54) is 31.5 Å². The summed E-state index contributed by atoms with van der Waals surface area (Å²) in [6, 6.07) is 8.09. The Morgan fingerprint density at radius 2 is 2.11 bits per heavy atom. The van der Waals surface area contributed by atoms with Crippen molar-refractivity contribution >= 4 is 5.97 Å². The Balaban J connectivity index is 1.79. The predicted octanol–water partition coefficient (Wildman–Crippen LogP) is 2.53. The molecule has 4 nitrogen and oxygen atoms in total. The van der Waals surface area contributed by atoms with E-state index >= 15 is 0 Å². The van der Waals surface area contributed by atoms with Crippen molar-refractivity contribution in [2.75, 3.05) is 19.7 Å². The molecule has 0 radical (unpaired) electrons. The molecular weight excluding hydrogens is 242 g/mol. The molecule has 1 fully saturated rings. The van der Waals surface area contributed by atoms with E-state index in [2.05, 4.69) is 17.0 Å². The fourth-order valence-electron chi connectivity index (χ4n) is 2.35. The van der Waals surface area contributed by atoms with Gasteiger partial charge in [-0.1, -0.05) is 12.1 Å². The number of aliphatic carboxylic acids is 1. The molecule has 1 saturated heterocycles. The third-order valence-corrected chi connectivity index (χ3v) is 3.31. The highest BCUT2D eigenvalue weighted by Crippen LogP contribution is 2.17. The number of carbonyl (C=O) groups is 1. The maximum absolute atomic E-state index is 10.4. The highest BCUT2D eigenvalue weighted by atomic mass is 16.5. The number of carboxylic acid groups (broad SMARTS) is 1. The lowest BCUT2D eigenvalue weighted by Gasteiger charge is -2.15. The zero-order valence-corrected chi connectivity index (χ0v) is 11.2. The Morgan fingerprint density at radius 1 is 1.32 bits per heavy atom. The van der Waals surface area contributed by atoms with Crippen LogP contribution in [0.4, 0.5) is 0 Å². The van der Waals surface area contributed by atoms with E-state index in [1.807, 2.05) is 12.1 Å². The highest BCUT2D eigenvalue weighted by Gasteiger charge is 2.11. The number of benzene rings is 1. The predicted molar refractivity (Wildman–Crippen MR) is 73.3 cm³/mol. The highest BCUT2D eigenvalue weighted by molar-refractivity contribution is 5.66. The average Bonchev–Trinajstić information content (AvgIpc) is 2.88. The minimum atomic E-state index is -0.772. The van der Waals surface area contributed by atoms with E-state index in [-0.39, 0.29) is 6.42 Å². The molecule has 0 aromatic heterocycles. The largest absolute Gasteiger partial charge is 0.494 e. The van der Waals surface area contributed by atoms with Gasteiger partial charge in [0.15, 0.2) is 0 Å². The van der Waals surface area contributed by atoms with Crippen molar-refractivity contribution in [1.82, 2.24) is 4.90 Å². The normalized spacial score (nSPS) is 15.6. The zero-order chi connectivity index (χ0) is 13.5. The van der Waals surface area contributed by atoms with Crippen LogP contribution in [0.3, 0.4) is 0 Å². The Morgan fingerprint density at radius 3 is 2.84 bits per heavy atom. The Labute approximate surface area is 114 Å². The molecule has 2 rings (SSSR count). The Bertz CT molecular complexity index is 414. The number of rotatable bonds is 7. The molecule has 1 aromatic rings. The summed E-state index contributed by atoms with van der Waals surface area (Å²) < 4.78 is 5.58. The van der Waals surface area contributed by atoms with E-state index < -0.39 is 5.97 Å². The third-order valence-electron chi connectivity index (χ3n) is 3.31. The first-order valence-electron chi connectivity index (χ1n) is 6.90. The van der Waals surface area contributed by atoms with Gasteiger partial charge in [-0.25, -0.2) is 0 Å². The van der Waals surface area contributed by atoms with Crippen LogP contribution in [0.15, 0.2) is 24.3 Å². The maximum Gasteiger partial charge on any atom is 0.303 e. The first-order valence-corrected chi connectivity index (χ1v) is 6.90. The van der Waals surface area contributed by atoms with Gasteiger partial charge < -0.3 is 9.84 Å². The van der Waals surface area contributed by atoms with Crippen molar-refractivity contribution in [3.05, 3.63) is 29.8 Å². The van der Waals surface area contributed by atoms with Gasteiger partial charge in [0.2, 0.25) is 0 Å². The third kappa shape index (κ3) is 4.91. The average molecular weight is 263 g/mol. The molecule has 0 spiro atoms. The number of hydrogen-bond acceptors (Lipinski definition) is 3. The van der Waals surface area contributed by atoms with Crippen LogP contribution >= 0.6 is 0 Å². The second-order valence-corrected chi connectivity index (χ2v) is 4.98. The molecule has 0 atom stereocenters. The molecule has 1 aliphatic rings. The van der Waals surface area contributed by atoms with E-state index in [0.717, 1.165) is 12.3 Å². The van der Waals surface area contributed by atoms with Crippen molar-refractivity contribution in [3.63, 3.8) is 0 Å². The zero-order valence-electron chi connectivity index (χ0n) is 11.2. The monoisotopic (exact) mass is 263 g/mol. The van der Waals surface area contributed by atoms with Gasteiger partial charge in [-0.15, -0.1) is 0 Å². The van der Waals surface area contributed by atoms with Crippen molar-refractivity contribution in [3.8, 4) is 5.75 Å². The number of hydrogen-bond donors (Lipinski definition) is 1. The maximum atomic E-state index is 10.4. The fourth-order valence-corrected chi connectivity index (χ4v) is 2.35. The molecule has 4 heteroatoms. The van der Waals surface area contributed by atoms with E-state index in [1.54, 1.807) is 0 Å². The van der Waals surface area contributed by atoms with Gasteiger partial charge in [-0.2, -0.15) is 0 Å². The van der Waals surface area contributed by atoms with Crippen LogP contribution < -0.4 is 4.74 Å². The molecule has 104 valence electrons. The quantitative estimate of drug-likeness (QED) is 0.768. The number of nitrogens with zero attached hydrogens (tertiary/aromatic N) is 1. The summed E-state index contributed by atoms with van der Waals surface area (Å²) in [6.45, 7) is 3.80. The molecule has 0 unspecified atom stereocenters. The Hall–Kier alpha value is -1.55. The molecule has 0 bridgehead atoms. The lowest BCUT2D eigenvalue weighted by atomic mass is 10.2. The SMILES string of the molecule is O=C(O)CCCOc1cccc(CN2CCCC2)c1. The fraction of sp³-hybridized carbons (Fsp3) is 0.533. The molecule has 0 aliphatic carbocycles. The summed E-state index contributed by atoms with van der Waals surface area (Å²) in [7, 11) is 0. The first kappa shape index (κ1) is 13.9. The smallest absolute Gasteiger partial charge is 0.303 e. The molecule has 1 aliphatic heterocycles. The van der Waals surface area contributed by atoms with Crippen LogP contribution in [0.25, 0.3) is 0 Å². The van der Waals surface area contributed by atoms with Gasteiger partial charge in [0.25, 0.3) is 0 Å². The van der Waals surface area contributed by atoms with Gasteiger partial charge in [0.1, 0.15) is 5.75 Å². The number of ether oxygens (including phenoxy) is 1. The Kier molecular flexibility index (Phi) is 5.21. The summed E-state index contributed by atoms with van der Waals surface area (Å²) in [4.78, 5) is 12.8. The molecule has 0 saturated carbocycles. The van der Waals surface area contributed by atoms with Crippen LogP contribution in [0.1, 0.15) is 31.2 Å². The summed E-state index contributed by atoms with van der Waals surface area (Å²) >= 11 is 0. The van der Waals surface area contributed by atoms with Gasteiger partial charge in [0, 0.05) is 13.0 Å². The van der Waals surface area contributed by atoms with Crippen molar-refractivity contribution in [2.24, 2.45) is 0 Å². The van der Waals surface area contributed by atoms with Gasteiger partial charge in [-0.3, -0.25) is 9.69 Å². The molecule has 19 heavy (non-hydrogen) atoms. The van der Waals surface area contributed by atoms with Crippen LogP contribution in [0.2, 0.25) is 0 Å². The number of carboxylic acids is 1. The van der Waals surface area contributed by atoms with Crippen LogP contribution in [-0.4, -0.2) is 35.7 Å². The van der Waals surface area contributed by atoms with Gasteiger partial charge >= 0.3 is 5.97 Å². The lowest BCUT2D eigenvalue weighted by Crippen LogP contribution is -2.18.